The lowest BCUT2D eigenvalue weighted by atomic mass is 9.95. The van der Waals surface area contributed by atoms with Crippen LogP contribution >= 0.6 is 0 Å². The van der Waals surface area contributed by atoms with Crippen LogP contribution in [0.3, 0.4) is 0 Å². The van der Waals surface area contributed by atoms with Gasteiger partial charge in [0.05, 0.1) is 25.2 Å². The summed E-state index contributed by atoms with van der Waals surface area (Å²) in [5, 5.41) is 10.7. The Labute approximate surface area is 212 Å². The van der Waals surface area contributed by atoms with Crippen LogP contribution in [0.4, 0.5) is 0 Å². The van der Waals surface area contributed by atoms with Crippen LogP contribution in [0.25, 0.3) is 0 Å². The van der Waals surface area contributed by atoms with Crippen molar-refractivity contribution in [2.75, 3.05) is 20.3 Å². The van der Waals surface area contributed by atoms with Crippen LogP contribution in [0.2, 0.25) is 0 Å². The molecular formula is C28H36O8. The number of cyclic esters (lactones) is 1. The molecule has 0 aromatic heterocycles. The van der Waals surface area contributed by atoms with Crippen LogP contribution in [-0.2, 0) is 20.9 Å². The van der Waals surface area contributed by atoms with E-state index in [2.05, 4.69) is 0 Å². The number of esters is 2. The number of rotatable bonds is 9. The second-order valence-corrected chi connectivity index (χ2v) is 10.0. The normalized spacial score (nSPS) is 14.1. The Hall–Kier alpha value is -3.10. The van der Waals surface area contributed by atoms with E-state index < -0.39 is 23.5 Å². The fourth-order valence-corrected chi connectivity index (χ4v) is 4.01. The van der Waals surface area contributed by atoms with Gasteiger partial charge in [0.15, 0.2) is 11.5 Å². The van der Waals surface area contributed by atoms with Crippen molar-refractivity contribution in [3.63, 3.8) is 0 Å². The molecule has 0 saturated heterocycles. The second kappa shape index (κ2) is 11.3. The van der Waals surface area contributed by atoms with Gasteiger partial charge in [0.2, 0.25) is 0 Å². The molecule has 36 heavy (non-hydrogen) atoms. The van der Waals surface area contributed by atoms with Crippen molar-refractivity contribution in [1.29, 1.82) is 0 Å². The van der Waals surface area contributed by atoms with Crippen LogP contribution in [0.15, 0.2) is 24.3 Å². The number of carbonyl (C=O) groups excluding carboxylic acids is 2. The number of methoxy groups -OCH3 is 1. The van der Waals surface area contributed by atoms with Crippen LogP contribution < -0.4 is 14.2 Å². The van der Waals surface area contributed by atoms with Crippen LogP contribution in [0.5, 0.6) is 23.0 Å². The quantitative estimate of drug-likeness (QED) is 0.355. The average Bonchev–Trinajstić information content (AvgIpc) is 2.80. The fraction of sp³-hybridized carbons (Fsp3) is 0.500. The zero-order chi connectivity index (χ0) is 26.6. The molecular weight excluding hydrogens is 464 g/mol. The van der Waals surface area contributed by atoms with Gasteiger partial charge in [-0.1, -0.05) is 13.8 Å². The summed E-state index contributed by atoms with van der Waals surface area (Å²) >= 11 is 0. The number of aryl methyl sites for hydroxylation is 1. The Kier molecular flexibility index (Phi) is 8.63. The van der Waals surface area contributed by atoms with Gasteiger partial charge in [0.25, 0.3) is 0 Å². The highest BCUT2D eigenvalue weighted by Gasteiger charge is 2.33. The van der Waals surface area contributed by atoms with E-state index >= 15 is 0 Å². The average molecular weight is 501 g/mol. The van der Waals surface area contributed by atoms with Gasteiger partial charge in [-0.2, -0.15) is 0 Å². The number of carbonyl (C=O) groups is 2. The molecule has 8 heteroatoms. The lowest BCUT2D eigenvalue weighted by molar-refractivity contribution is -0.147. The number of aliphatic hydroxyl groups excluding tert-OH is 1. The van der Waals surface area contributed by atoms with E-state index in [0.29, 0.717) is 24.2 Å². The first-order chi connectivity index (χ1) is 17.0. The van der Waals surface area contributed by atoms with Crippen LogP contribution in [-0.4, -0.2) is 37.4 Å². The summed E-state index contributed by atoms with van der Waals surface area (Å²) in [5.41, 5.74) is 1.02. The molecule has 0 aliphatic carbocycles. The molecule has 1 heterocycles. The zero-order valence-corrected chi connectivity index (χ0v) is 22.1. The number of ether oxygens (including phenoxy) is 5. The molecule has 0 radical (unpaired) electrons. The predicted octanol–water partition coefficient (Wildman–Crippen LogP) is 5.51. The maximum atomic E-state index is 13.1. The van der Waals surface area contributed by atoms with E-state index in [1.165, 1.54) is 7.11 Å². The smallest absolute Gasteiger partial charge is 0.346 e. The molecule has 0 unspecified atom stereocenters. The van der Waals surface area contributed by atoms with Gasteiger partial charge in [-0.3, -0.25) is 4.79 Å². The highest BCUT2D eigenvalue weighted by molar-refractivity contribution is 5.97. The molecule has 1 N–H and O–H groups in total. The van der Waals surface area contributed by atoms with Crippen molar-refractivity contribution >= 4 is 11.9 Å². The maximum Gasteiger partial charge on any atom is 0.346 e. The molecule has 196 valence electrons. The predicted molar refractivity (Wildman–Crippen MR) is 134 cm³/mol. The van der Waals surface area contributed by atoms with E-state index in [0.717, 1.165) is 5.56 Å². The Balaban J connectivity index is 2.06. The molecule has 0 bridgehead atoms. The molecule has 2 aromatic carbocycles. The molecule has 2 aromatic rings. The van der Waals surface area contributed by atoms with E-state index in [1.807, 2.05) is 33.8 Å². The Morgan fingerprint density at radius 3 is 2.58 bits per heavy atom. The molecule has 8 nitrogen and oxygen atoms in total. The molecule has 0 saturated carbocycles. The lowest BCUT2D eigenvalue weighted by Gasteiger charge is -2.26. The van der Waals surface area contributed by atoms with Gasteiger partial charge in [0, 0.05) is 17.7 Å². The highest BCUT2D eigenvalue weighted by atomic mass is 16.6. The monoisotopic (exact) mass is 500 g/mol. The van der Waals surface area contributed by atoms with Gasteiger partial charge in [-0.15, -0.1) is 0 Å². The Morgan fingerprint density at radius 2 is 1.94 bits per heavy atom. The minimum absolute atomic E-state index is 0.0676. The number of fused-ring (bicyclic) bond motifs is 2. The van der Waals surface area contributed by atoms with Gasteiger partial charge >= 0.3 is 11.9 Å². The maximum absolute atomic E-state index is 13.1. The lowest BCUT2D eigenvalue weighted by Crippen LogP contribution is -2.33. The minimum Gasteiger partial charge on any atom is -0.495 e. The van der Waals surface area contributed by atoms with Gasteiger partial charge in [-0.05, 0) is 69.9 Å². The summed E-state index contributed by atoms with van der Waals surface area (Å²) in [4.78, 5) is 26.1. The first-order valence-electron chi connectivity index (χ1n) is 12.2. The van der Waals surface area contributed by atoms with E-state index in [1.54, 1.807) is 32.0 Å². The first-order valence-corrected chi connectivity index (χ1v) is 12.2. The molecule has 3 rings (SSSR count). The van der Waals surface area contributed by atoms with E-state index in [9.17, 15) is 14.7 Å². The van der Waals surface area contributed by atoms with E-state index in [4.69, 9.17) is 23.7 Å². The SMILES string of the molecule is CCOCC(C)(C)C(=O)Oc1cc(C)cc2c1Oc1ccc([C@@H](O)CC(C)C)c(OC)c1C(=O)OC2. The molecule has 0 spiro atoms. The van der Waals surface area contributed by atoms with Crippen molar-refractivity contribution in [2.45, 2.75) is 60.7 Å². The summed E-state index contributed by atoms with van der Waals surface area (Å²) in [7, 11) is 1.43. The number of aliphatic hydroxyl groups is 1. The van der Waals surface area contributed by atoms with Crippen LogP contribution in [0.1, 0.15) is 74.2 Å². The molecule has 1 aliphatic heterocycles. The van der Waals surface area contributed by atoms with Gasteiger partial charge < -0.3 is 28.8 Å². The Morgan fingerprint density at radius 1 is 1.22 bits per heavy atom. The third kappa shape index (κ3) is 5.99. The van der Waals surface area contributed by atoms with Crippen molar-refractivity contribution in [2.24, 2.45) is 11.3 Å². The number of hydrogen-bond donors (Lipinski definition) is 1. The van der Waals surface area contributed by atoms with Gasteiger partial charge in [0.1, 0.15) is 23.7 Å². The summed E-state index contributed by atoms with van der Waals surface area (Å²) in [6.45, 7) is 11.8. The van der Waals surface area contributed by atoms with Crippen molar-refractivity contribution < 1.29 is 38.4 Å². The number of benzene rings is 2. The summed E-state index contributed by atoms with van der Waals surface area (Å²) < 4.78 is 28.6. The molecule has 1 atom stereocenters. The summed E-state index contributed by atoms with van der Waals surface area (Å²) in [6.07, 6.45) is -0.340. The molecule has 0 amide bonds. The largest absolute Gasteiger partial charge is 0.495 e. The zero-order valence-electron chi connectivity index (χ0n) is 22.1. The fourth-order valence-electron chi connectivity index (χ4n) is 4.01. The van der Waals surface area contributed by atoms with Crippen molar-refractivity contribution in [3.05, 3.63) is 46.5 Å². The standard InChI is InChI=1S/C28H36O8/c1-8-33-15-28(5,6)27(31)36-22-13-17(4)12-18-14-34-26(30)23-21(35-24(18)22)10-9-19(25(23)32-7)20(29)11-16(2)3/h9-10,12-13,16,20,29H,8,11,14-15H2,1-7H3/t20-/m0/s1. The first kappa shape index (κ1) is 27.5. The third-order valence-corrected chi connectivity index (χ3v) is 5.88. The van der Waals surface area contributed by atoms with Gasteiger partial charge in [-0.25, -0.2) is 4.79 Å². The van der Waals surface area contributed by atoms with Crippen molar-refractivity contribution in [3.8, 4) is 23.0 Å². The second-order valence-electron chi connectivity index (χ2n) is 10.0. The van der Waals surface area contributed by atoms with Crippen LogP contribution in [0, 0.1) is 18.3 Å². The number of hydrogen-bond acceptors (Lipinski definition) is 8. The third-order valence-electron chi connectivity index (χ3n) is 5.88. The van der Waals surface area contributed by atoms with Crippen molar-refractivity contribution in [1.82, 2.24) is 0 Å². The summed E-state index contributed by atoms with van der Waals surface area (Å²) in [5.74, 6) is -0.0287. The topological polar surface area (TPSA) is 101 Å². The summed E-state index contributed by atoms with van der Waals surface area (Å²) in [6, 6.07) is 6.78. The molecule has 1 aliphatic rings. The molecule has 0 fully saturated rings. The Bertz CT molecular complexity index is 1120. The minimum atomic E-state index is -0.886. The van der Waals surface area contributed by atoms with E-state index in [-0.39, 0.29) is 47.7 Å². The highest BCUT2D eigenvalue weighted by Crippen LogP contribution is 2.45.